The molecule has 0 radical (unpaired) electrons. The first-order valence-corrected chi connectivity index (χ1v) is 5.27. The van der Waals surface area contributed by atoms with E-state index in [0.717, 1.165) is 6.08 Å². The SMILES string of the molecule is C=C.C=C(C)C(=O)OCC1CO1.CC=CC(=O)O. The van der Waals surface area contributed by atoms with Crippen molar-refractivity contribution in [1.29, 1.82) is 0 Å². The lowest BCUT2D eigenvalue weighted by Gasteiger charge is -1.99. The number of carbonyl (C=O) groups excluding carboxylic acids is 1. The van der Waals surface area contributed by atoms with E-state index >= 15 is 0 Å². The number of esters is 1. The van der Waals surface area contributed by atoms with E-state index in [1.807, 2.05) is 0 Å². The maximum absolute atomic E-state index is 10.7. The van der Waals surface area contributed by atoms with Crippen molar-refractivity contribution in [2.24, 2.45) is 0 Å². The number of rotatable bonds is 4. The molecule has 1 saturated heterocycles. The molecule has 0 amide bonds. The Bertz CT molecular complexity index is 303. The van der Waals surface area contributed by atoms with Crippen LogP contribution in [0.5, 0.6) is 0 Å². The Balaban J connectivity index is 0. The van der Waals surface area contributed by atoms with E-state index in [4.69, 9.17) is 14.6 Å². The molecule has 1 N–H and O–H groups in total. The first kappa shape index (κ1) is 18.5. The normalized spacial score (nSPS) is 15.6. The van der Waals surface area contributed by atoms with Crippen LogP contribution in [-0.2, 0) is 19.1 Å². The van der Waals surface area contributed by atoms with Gasteiger partial charge in [-0.15, -0.1) is 13.2 Å². The van der Waals surface area contributed by atoms with Crippen molar-refractivity contribution < 1.29 is 24.2 Å². The van der Waals surface area contributed by atoms with Gasteiger partial charge in [-0.05, 0) is 13.8 Å². The molecule has 1 heterocycles. The van der Waals surface area contributed by atoms with Crippen molar-refractivity contribution in [1.82, 2.24) is 0 Å². The van der Waals surface area contributed by atoms with Crippen LogP contribution in [0.4, 0.5) is 0 Å². The van der Waals surface area contributed by atoms with Gasteiger partial charge in [0, 0.05) is 11.6 Å². The van der Waals surface area contributed by atoms with Crippen molar-refractivity contribution in [3.63, 3.8) is 0 Å². The molecule has 5 heteroatoms. The molecule has 0 aromatic heterocycles. The molecule has 1 aliphatic heterocycles. The molecular weight excluding hydrogens is 236 g/mol. The zero-order chi connectivity index (χ0) is 14.6. The predicted octanol–water partition coefficient (Wildman–Crippen LogP) is 1.95. The molecule has 1 fully saturated rings. The Morgan fingerprint density at radius 1 is 1.50 bits per heavy atom. The van der Waals surface area contributed by atoms with Crippen LogP contribution in [0.25, 0.3) is 0 Å². The summed E-state index contributed by atoms with van der Waals surface area (Å²) >= 11 is 0. The van der Waals surface area contributed by atoms with Crippen molar-refractivity contribution in [3.05, 3.63) is 37.5 Å². The van der Waals surface area contributed by atoms with E-state index < -0.39 is 5.97 Å². The molecular formula is C13H20O5. The third-order valence-electron chi connectivity index (χ3n) is 1.46. The van der Waals surface area contributed by atoms with Gasteiger partial charge in [-0.1, -0.05) is 12.7 Å². The van der Waals surface area contributed by atoms with Crippen LogP contribution >= 0.6 is 0 Å². The number of allylic oxidation sites excluding steroid dienone is 1. The van der Waals surface area contributed by atoms with Crippen molar-refractivity contribution >= 4 is 11.9 Å². The number of carbonyl (C=O) groups is 2. The number of epoxide rings is 1. The average molecular weight is 256 g/mol. The number of hydrogen-bond acceptors (Lipinski definition) is 4. The molecule has 1 rings (SSSR count). The molecule has 0 aliphatic carbocycles. The zero-order valence-electron chi connectivity index (χ0n) is 10.8. The molecule has 1 aliphatic rings. The standard InChI is InChI=1S/C7H10O3.C4H6O2.C2H4/c1-5(2)7(8)10-4-6-3-9-6;1-2-3-4(5)6;1-2/h6H,1,3-4H2,2H3;2-3H,1H3,(H,5,6);1-2H2. The van der Waals surface area contributed by atoms with E-state index in [1.165, 1.54) is 6.08 Å². The first-order valence-electron chi connectivity index (χ1n) is 5.27. The van der Waals surface area contributed by atoms with Gasteiger partial charge in [-0.3, -0.25) is 0 Å². The summed E-state index contributed by atoms with van der Waals surface area (Å²) in [7, 11) is 0. The number of carboxylic acids is 1. The second-order valence-electron chi connectivity index (χ2n) is 3.17. The van der Waals surface area contributed by atoms with Crippen LogP contribution in [0, 0.1) is 0 Å². The molecule has 0 saturated carbocycles. The van der Waals surface area contributed by atoms with Crippen LogP contribution < -0.4 is 0 Å². The van der Waals surface area contributed by atoms with Crippen molar-refractivity contribution in [3.8, 4) is 0 Å². The smallest absolute Gasteiger partial charge is 0.333 e. The maximum Gasteiger partial charge on any atom is 0.333 e. The van der Waals surface area contributed by atoms with E-state index in [1.54, 1.807) is 13.8 Å². The quantitative estimate of drug-likeness (QED) is 0.360. The second-order valence-corrected chi connectivity index (χ2v) is 3.17. The van der Waals surface area contributed by atoms with Gasteiger partial charge in [0.1, 0.15) is 12.7 Å². The Morgan fingerprint density at radius 3 is 2.22 bits per heavy atom. The first-order chi connectivity index (χ1) is 8.47. The summed E-state index contributed by atoms with van der Waals surface area (Å²) < 4.78 is 9.60. The summed E-state index contributed by atoms with van der Waals surface area (Å²) in [6.07, 6.45) is 2.70. The lowest BCUT2D eigenvalue weighted by Crippen LogP contribution is -2.09. The molecule has 0 spiro atoms. The Labute approximate surface area is 107 Å². The third-order valence-corrected chi connectivity index (χ3v) is 1.46. The highest BCUT2D eigenvalue weighted by Gasteiger charge is 2.24. The monoisotopic (exact) mass is 256 g/mol. The molecule has 0 aromatic carbocycles. The third kappa shape index (κ3) is 14.1. The number of carboxylic acid groups (broad SMARTS) is 1. The Morgan fingerprint density at radius 2 is 2.00 bits per heavy atom. The second kappa shape index (κ2) is 11.6. The molecule has 1 unspecified atom stereocenters. The van der Waals surface area contributed by atoms with E-state index in [9.17, 15) is 9.59 Å². The highest BCUT2D eigenvalue weighted by Crippen LogP contribution is 2.09. The van der Waals surface area contributed by atoms with E-state index in [-0.39, 0.29) is 12.1 Å². The fraction of sp³-hybridized carbons (Fsp3) is 0.385. The van der Waals surface area contributed by atoms with Gasteiger partial charge in [0.25, 0.3) is 0 Å². The van der Waals surface area contributed by atoms with Crippen LogP contribution in [0.2, 0.25) is 0 Å². The van der Waals surface area contributed by atoms with Crippen LogP contribution in [0.15, 0.2) is 37.5 Å². The predicted molar refractivity (Wildman–Crippen MR) is 69.2 cm³/mol. The average Bonchev–Trinajstić information content (AvgIpc) is 3.13. The van der Waals surface area contributed by atoms with Gasteiger partial charge in [0.05, 0.1) is 6.61 Å². The van der Waals surface area contributed by atoms with Crippen molar-refractivity contribution in [2.75, 3.05) is 13.2 Å². The molecule has 102 valence electrons. The van der Waals surface area contributed by atoms with Gasteiger partial charge in [-0.25, -0.2) is 9.59 Å². The lowest BCUT2D eigenvalue weighted by atomic mass is 10.4. The van der Waals surface area contributed by atoms with E-state index in [2.05, 4.69) is 19.7 Å². The van der Waals surface area contributed by atoms with Gasteiger partial charge < -0.3 is 14.6 Å². The fourth-order valence-corrected chi connectivity index (χ4v) is 0.599. The van der Waals surface area contributed by atoms with Gasteiger partial charge >= 0.3 is 11.9 Å². The molecule has 5 nitrogen and oxygen atoms in total. The summed E-state index contributed by atoms with van der Waals surface area (Å²) in [5.41, 5.74) is 0.431. The summed E-state index contributed by atoms with van der Waals surface area (Å²) in [4.78, 5) is 20.2. The van der Waals surface area contributed by atoms with Crippen LogP contribution in [0.1, 0.15) is 13.8 Å². The summed E-state index contributed by atoms with van der Waals surface area (Å²) in [5, 5.41) is 7.83. The van der Waals surface area contributed by atoms with Gasteiger partial charge in [0.2, 0.25) is 0 Å². The highest BCUT2D eigenvalue weighted by atomic mass is 16.6. The van der Waals surface area contributed by atoms with Gasteiger partial charge in [0.15, 0.2) is 0 Å². The topological polar surface area (TPSA) is 76.1 Å². The molecule has 0 aromatic rings. The minimum absolute atomic E-state index is 0.142. The largest absolute Gasteiger partial charge is 0.478 e. The number of aliphatic carboxylic acids is 1. The summed E-state index contributed by atoms with van der Waals surface area (Å²) in [6, 6.07) is 0. The Hall–Kier alpha value is -1.88. The Kier molecular flexibility index (Phi) is 11.9. The minimum atomic E-state index is -0.891. The highest BCUT2D eigenvalue weighted by molar-refractivity contribution is 5.86. The summed E-state index contributed by atoms with van der Waals surface area (Å²) in [6.45, 7) is 13.8. The molecule has 0 bridgehead atoms. The van der Waals surface area contributed by atoms with Gasteiger partial charge in [-0.2, -0.15) is 0 Å². The van der Waals surface area contributed by atoms with Crippen LogP contribution in [-0.4, -0.2) is 36.4 Å². The fourth-order valence-electron chi connectivity index (χ4n) is 0.599. The molecule has 18 heavy (non-hydrogen) atoms. The number of hydrogen-bond donors (Lipinski definition) is 1. The summed E-state index contributed by atoms with van der Waals surface area (Å²) in [5.74, 6) is -1.23. The molecule has 1 atom stereocenters. The van der Waals surface area contributed by atoms with Crippen LogP contribution in [0.3, 0.4) is 0 Å². The lowest BCUT2D eigenvalue weighted by molar-refractivity contribution is -0.139. The minimum Gasteiger partial charge on any atom is -0.478 e. The number of ether oxygens (including phenoxy) is 2. The van der Waals surface area contributed by atoms with Crippen molar-refractivity contribution in [2.45, 2.75) is 20.0 Å². The van der Waals surface area contributed by atoms with E-state index in [0.29, 0.717) is 18.8 Å². The zero-order valence-corrected chi connectivity index (χ0v) is 10.8. The maximum atomic E-state index is 10.7.